The van der Waals surface area contributed by atoms with E-state index in [1.807, 2.05) is 17.8 Å². The molecule has 4 nitrogen and oxygen atoms in total. The van der Waals surface area contributed by atoms with Crippen molar-refractivity contribution in [2.45, 2.75) is 6.54 Å². The number of carbonyl (C=O) groups is 1. The van der Waals surface area contributed by atoms with Gasteiger partial charge in [-0.05, 0) is 34.1 Å². The Morgan fingerprint density at radius 1 is 1.56 bits per heavy atom. The van der Waals surface area contributed by atoms with E-state index in [1.54, 1.807) is 24.4 Å². The van der Waals surface area contributed by atoms with Gasteiger partial charge < -0.3 is 9.88 Å². The van der Waals surface area contributed by atoms with Crippen molar-refractivity contribution in [3.05, 3.63) is 51.5 Å². The maximum atomic E-state index is 11.9. The molecule has 0 bridgehead atoms. The summed E-state index contributed by atoms with van der Waals surface area (Å²) in [6, 6.07) is 5.08. The van der Waals surface area contributed by atoms with Crippen LogP contribution in [0.3, 0.4) is 0 Å². The zero-order valence-electron chi connectivity index (χ0n) is 9.65. The number of nitrogens with zero attached hydrogens (tertiary/aromatic N) is 2. The number of halogens is 2. The predicted molar refractivity (Wildman–Crippen MR) is 73.5 cm³/mol. The summed E-state index contributed by atoms with van der Waals surface area (Å²) < 4.78 is 2.62. The summed E-state index contributed by atoms with van der Waals surface area (Å²) in [4.78, 5) is 16.0. The molecule has 18 heavy (non-hydrogen) atoms. The fourth-order valence-electron chi connectivity index (χ4n) is 1.47. The third-order valence-corrected chi connectivity index (χ3v) is 3.74. The summed E-state index contributed by atoms with van der Waals surface area (Å²) in [5, 5.41) is 3.31. The first-order valence-corrected chi connectivity index (χ1v) is 6.44. The van der Waals surface area contributed by atoms with Gasteiger partial charge in [0, 0.05) is 29.5 Å². The number of hydrogen-bond acceptors (Lipinski definition) is 2. The second-order valence-electron chi connectivity index (χ2n) is 3.77. The van der Waals surface area contributed by atoms with E-state index in [1.165, 1.54) is 0 Å². The van der Waals surface area contributed by atoms with Crippen LogP contribution in [-0.4, -0.2) is 15.5 Å². The molecule has 2 aromatic rings. The minimum atomic E-state index is -0.174. The van der Waals surface area contributed by atoms with Crippen molar-refractivity contribution >= 4 is 33.4 Å². The standard InChI is InChI=1S/C12H11BrClN3O/c1-17-5-4-15-11(17)7-16-12(18)8-2-3-9(13)10(14)6-8/h2-6H,7H2,1H3,(H,16,18). The van der Waals surface area contributed by atoms with Gasteiger partial charge in [-0.25, -0.2) is 4.98 Å². The van der Waals surface area contributed by atoms with Gasteiger partial charge in [0.25, 0.3) is 5.91 Å². The lowest BCUT2D eigenvalue weighted by atomic mass is 10.2. The fourth-order valence-corrected chi connectivity index (χ4v) is 1.89. The van der Waals surface area contributed by atoms with Gasteiger partial charge >= 0.3 is 0 Å². The number of nitrogens with one attached hydrogen (secondary N) is 1. The van der Waals surface area contributed by atoms with E-state index >= 15 is 0 Å². The molecule has 0 fully saturated rings. The molecule has 6 heteroatoms. The van der Waals surface area contributed by atoms with Crippen LogP contribution in [0.4, 0.5) is 0 Å². The molecule has 1 aromatic carbocycles. The van der Waals surface area contributed by atoms with E-state index in [9.17, 15) is 4.79 Å². The van der Waals surface area contributed by atoms with Crippen molar-refractivity contribution in [2.75, 3.05) is 0 Å². The first-order valence-electron chi connectivity index (χ1n) is 5.27. The van der Waals surface area contributed by atoms with Crippen LogP contribution in [0.15, 0.2) is 35.1 Å². The Morgan fingerprint density at radius 3 is 2.94 bits per heavy atom. The molecule has 2 rings (SSSR count). The minimum Gasteiger partial charge on any atom is -0.345 e. The molecule has 0 unspecified atom stereocenters. The summed E-state index contributed by atoms with van der Waals surface area (Å²) in [7, 11) is 1.88. The highest BCUT2D eigenvalue weighted by molar-refractivity contribution is 9.10. The Kier molecular flexibility index (Phi) is 4.04. The topological polar surface area (TPSA) is 46.9 Å². The molecule has 0 saturated heterocycles. The van der Waals surface area contributed by atoms with Crippen LogP contribution in [0.25, 0.3) is 0 Å². The second-order valence-corrected chi connectivity index (χ2v) is 5.03. The molecule has 1 N–H and O–H groups in total. The van der Waals surface area contributed by atoms with Gasteiger partial charge in [-0.15, -0.1) is 0 Å². The smallest absolute Gasteiger partial charge is 0.251 e. The Labute approximate surface area is 118 Å². The van der Waals surface area contributed by atoms with Crippen LogP contribution < -0.4 is 5.32 Å². The van der Waals surface area contributed by atoms with Crippen LogP contribution in [0.1, 0.15) is 16.2 Å². The highest BCUT2D eigenvalue weighted by atomic mass is 79.9. The maximum absolute atomic E-state index is 11.9. The van der Waals surface area contributed by atoms with Gasteiger partial charge in [0.05, 0.1) is 11.6 Å². The van der Waals surface area contributed by atoms with Crippen molar-refractivity contribution < 1.29 is 4.79 Å². The van der Waals surface area contributed by atoms with E-state index in [0.29, 0.717) is 17.1 Å². The molecule has 0 radical (unpaired) electrons. The Balaban J connectivity index is 2.04. The van der Waals surface area contributed by atoms with E-state index < -0.39 is 0 Å². The van der Waals surface area contributed by atoms with Gasteiger partial charge in [0.1, 0.15) is 5.82 Å². The third-order valence-electron chi connectivity index (χ3n) is 2.51. The van der Waals surface area contributed by atoms with E-state index in [0.717, 1.165) is 10.3 Å². The fraction of sp³-hybridized carbons (Fsp3) is 0.167. The second kappa shape index (κ2) is 5.54. The third kappa shape index (κ3) is 2.91. The number of amides is 1. The predicted octanol–water partition coefficient (Wildman–Crippen LogP) is 2.77. The lowest BCUT2D eigenvalue weighted by molar-refractivity contribution is 0.0949. The average molecular weight is 329 g/mol. The molecule has 94 valence electrons. The van der Waals surface area contributed by atoms with Crippen LogP contribution in [0, 0.1) is 0 Å². The molecule has 0 aliphatic heterocycles. The van der Waals surface area contributed by atoms with Gasteiger partial charge in [-0.2, -0.15) is 0 Å². The number of carbonyl (C=O) groups excluding carboxylic acids is 1. The van der Waals surface area contributed by atoms with Crippen molar-refractivity contribution in [3.8, 4) is 0 Å². The number of benzene rings is 1. The lowest BCUT2D eigenvalue weighted by Gasteiger charge is -2.06. The number of hydrogen-bond donors (Lipinski definition) is 1. The number of rotatable bonds is 3. The molecule has 0 aliphatic carbocycles. The molecule has 1 amide bonds. The molecular weight excluding hydrogens is 318 g/mol. The molecule has 0 aliphatic rings. The highest BCUT2D eigenvalue weighted by Gasteiger charge is 2.08. The first kappa shape index (κ1) is 13.1. The normalized spacial score (nSPS) is 10.4. The van der Waals surface area contributed by atoms with Crippen molar-refractivity contribution in [1.82, 2.24) is 14.9 Å². The van der Waals surface area contributed by atoms with Crippen molar-refractivity contribution in [2.24, 2.45) is 7.05 Å². The van der Waals surface area contributed by atoms with Gasteiger partial charge in [-0.1, -0.05) is 11.6 Å². The molecule has 0 atom stereocenters. The monoisotopic (exact) mass is 327 g/mol. The highest BCUT2D eigenvalue weighted by Crippen LogP contribution is 2.23. The van der Waals surface area contributed by atoms with Crippen LogP contribution >= 0.6 is 27.5 Å². The van der Waals surface area contributed by atoms with Crippen LogP contribution in [-0.2, 0) is 13.6 Å². The van der Waals surface area contributed by atoms with Crippen LogP contribution in [0.5, 0.6) is 0 Å². The number of imidazole rings is 1. The molecule has 0 saturated carbocycles. The van der Waals surface area contributed by atoms with E-state index in [-0.39, 0.29) is 5.91 Å². The summed E-state index contributed by atoms with van der Waals surface area (Å²) in [5.41, 5.74) is 0.525. The van der Waals surface area contributed by atoms with Crippen molar-refractivity contribution in [1.29, 1.82) is 0 Å². The maximum Gasteiger partial charge on any atom is 0.251 e. The number of aromatic nitrogens is 2. The zero-order chi connectivity index (χ0) is 13.1. The lowest BCUT2D eigenvalue weighted by Crippen LogP contribution is -2.24. The van der Waals surface area contributed by atoms with Crippen molar-refractivity contribution in [3.63, 3.8) is 0 Å². The zero-order valence-corrected chi connectivity index (χ0v) is 12.0. The van der Waals surface area contributed by atoms with Gasteiger partial charge in [0.15, 0.2) is 0 Å². The summed E-state index contributed by atoms with van der Waals surface area (Å²) in [5.74, 6) is 0.624. The van der Waals surface area contributed by atoms with Gasteiger partial charge in [-0.3, -0.25) is 4.79 Å². The Hall–Kier alpha value is -1.33. The molecular formula is C12H11BrClN3O. The quantitative estimate of drug-likeness (QED) is 0.942. The average Bonchev–Trinajstić information content (AvgIpc) is 2.75. The summed E-state index contributed by atoms with van der Waals surface area (Å²) >= 11 is 9.22. The molecule has 0 spiro atoms. The largest absolute Gasteiger partial charge is 0.345 e. The molecule has 1 aromatic heterocycles. The van der Waals surface area contributed by atoms with Gasteiger partial charge in [0.2, 0.25) is 0 Å². The van der Waals surface area contributed by atoms with E-state index in [2.05, 4.69) is 26.2 Å². The Bertz CT molecular complexity index is 582. The SMILES string of the molecule is Cn1ccnc1CNC(=O)c1ccc(Br)c(Cl)c1. The summed E-state index contributed by atoms with van der Waals surface area (Å²) in [6.07, 6.45) is 3.52. The summed E-state index contributed by atoms with van der Waals surface area (Å²) in [6.45, 7) is 0.385. The number of aryl methyl sites for hydroxylation is 1. The first-order chi connectivity index (χ1) is 8.58. The van der Waals surface area contributed by atoms with E-state index in [4.69, 9.17) is 11.6 Å². The Morgan fingerprint density at radius 2 is 2.33 bits per heavy atom. The molecule has 1 heterocycles. The minimum absolute atomic E-state index is 0.174. The van der Waals surface area contributed by atoms with Crippen LogP contribution in [0.2, 0.25) is 5.02 Å².